The molecule has 0 spiro atoms. The first-order valence-corrected chi connectivity index (χ1v) is 12.0. The molecule has 1 saturated heterocycles. The summed E-state index contributed by atoms with van der Waals surface area (Å²) in [7, 11) is -3.58. The van der Waals surface area contributed by atoms with E-state index in [0.29, 0.717) is 31.7 Å². The first kappa shape index (κ1) is 20.9. The normalized spacial score (nSPS) is 19.6. The molecule has 7 heteroatoms. The smallest absolute Gasteiger partial charge is 0.251 e. The Labute approximate surface area is 178 Å². The molecule has 2 aliphatic rings. The number of fused-ring (bicyclic) bond motifs is 1. The highest BCUT2D eigenvalue weighted by atomic mass is 32.2. The summed E-state index contributed by atoms with van der Waals surface area (Å²) in [6.07, 6.45) is 3.48. The van der Waals surface area contributed by atoms with Crippen LogP contribution in [0, 0.1) is 13.8 Å². The summed E-state index contributed by atoms with van der Waals surface area (Å²) in [6.45, 7) is 5.64. The van der Waals surface area contributed by atoms with E-state index in [4.69, 9.17) is 4.74 Å². The lowest BCUT2D eigenvalue weighted by molar-refractivity contribution is 0.0924. The van der Waals surface area contributed by atoms with Crippen molar-refractivity contribution >= 4 is 15.9 Å². The van der Waals surface area contributed by atoms with Gasteiger partial charge in [0.15, 0.2) is 0 Å². The first-order valence-electron chi connectivity index (χ1n) is 10.5. The van der Waals surface area contributed by atoms with Gasteiger partial charge in [-0.15, -0.1) is 0 Å². The van der Waals surface area contributed by atoms with Crippen molar-refractivity contribution < 1.29 is 17.9 Å². The maximum atomic E-state index is 13.0. The van der Waals surface area contributed by atoms with Gasteiger partial charge in [-0.2, -0.15) is 4.31 Å². The quantitative estimate of drug-likeness (QED) is 0.805. The Balaban J connectivity index is 1.57. The molecule has 0 saturated carbocycles. The van der Waals surface area contributed by atoms with E-state index in [1.54, 1.807) is 18.2 Å². The van der Waals surface area contributed by atoms with Gasteiger partial charge < -0.3 is 10.1 Å². The molecule has 1 fully saturated rings. The maximum absolute atomic E-state index is 13.0. The zero-order valence-electron chi connectivity index (χ0n) is 17.5. The third-order valence-corrected chi connectivity index (χ3v) is 7.73. The van der Waals surface area contributed by atoms with Gasteiger partial charge in [0, 0.05) is 30.6 Å². The van der Waals surface area contributed by atoms with Crippen LogP contribution in [0.1, 0.15) is 58.8 Å². The van der Waals surface area contributed by atoms with Crippen molar-refractivity contribution in [1.29, 1.82) is 0 Å². The van der Waals surface area contributed by atoms with Crippen molar-refractivity contribution in [2.45, 2.75) is 50.5 Å². The minimum absolute atomic E-state index is 0.165. The van der Waals surface area contributed by atoms with Gasteiger partial charge in [-0.1, -0.05) is 30.2 Å². The Hall–Kier alpha value is -2.38. The predicted molar refractivity (Wildman–Crippen MR) is 115 cm³/mol. The van der Waals surface area contributed by atoms with Crippen molar-refractivity contribution in [3.05, 3.63) is 58.7 Å². The van der Waals surface area contributed by atoms with Crippen LogP contribution >= 0.6 is 0 Å². The first-order chi connectivity index (χ1) is 14.4. The number of aryl methyl sites for hydroxylation is 2. The van der Waals surface area contributed by atoms with Crippen LogP contribution in [0.15, 0.2) is 41.3 Å². The van der Waals surface area contributed by atoms with Crippen LogP contribution in [-0.4, -0.2) is 38.3 Å². The van der Waals surface area contributed by atoms with E-state index in [-0.39, 0.29) is 16.8 Å². The van der Waals surface area contributed by atoms with Crippen LogP contribution in [-0.2, 0) is 10.0 Å². The third kappa shape index (κ3) is 4.09. The van der Waals surface area contributed by atoms with Crippen LogP contribution < -0.4 is 10.1 Å². The summed E-state index contributed by atoms with van der Waals surface area (Å²) in [5.74, 6) is 0.557. The lowest BCUT2D eigenvalue weighted by Crippen LogP contribution is -2.36. The molecule has 2 aliphatic heterocycles. The predicted octanol–water partition coefficient (Wildman–Crippen LogP) is 3.73. The number of amides is 1. The summed E-state index contributed by atoms with van der Waals surface area (Å²) in [5, 5.41) is 3.08. The lowest BCUT2D eigenvalue weighted by Gasteiger charge is -2.28. The van der Waals surface area contributed by atoms with Crippen molar-refractivity contribution in [1.82, 2.24) is 9.62 Å². The third-order valence-electron chi connectivity index (χ3n) is 5.83. The van der Waals surface area contributed by atoms with Gasteiger partial charge >= 0.3 is 0 Å². The fraction of sp³-hybridized carbons (Fsp3) is 0.435. The molecule has 1 unspecified atom stereocenters. The zero-order chi connectivity index (χ0) is 21.3. The number of hydrogen-bond donors (Lipinski definition) is 1. The summed E-state index contributed by atoms with van der Waals surface area (Å²) in [6, 6.07) is 10.3. The highest BCUT2D eigenvalue weighted by Gasteiger charge is 2.28. The van der Waals surface area contributed by atoms with Gasteiger partial charge in [0.2, 0.25) is 10.0 Å². The molecule has 2 aromatic rings. The molecule has 30 heavy (non-hydrogen) atoms. The average Bonchev–Trinajstić information content (AvgIpc) is 2.75. The largest absolute Gasteiger partial charge is 0.493 e. The molecular formula is C23H28N2O4S. The molecule has 0 bridgehead atoms. The lowest BCUT2D eigenvalue weighted by atomic mass is 9.95. The number of rotatable bonds is 4. The molecule has 2 heterocycles. The van der Waals surface area contributed by atoms with Crippen molar-refractivity contribution in [2.75, 3.05) is 19.7 Å². The highest BCUT2D eigenvalue weighted by molar-refractivity contribution is 7.89. The summed E-state index contributed by atoms with van der Waals surface area (Å²) < 4.78 is 33.3. The number of carbonyl (C=O) groups is 1. The van der Waals surface area contributed by atoms with E-state index in [1.807, 2.05) is 19.9 Å². The van der Waals surface area contributed by atoms with Crippen LogP contribution in [0.3, 0.4) is 0 Å². The van der Waals surface area contributed by atoms with Gasteiger partial charge in [0.1, 0.15) is 5.75 Å². The monoisotopic (exact) mass is 428 g/mol. The number of piperidine rings is 1. The fourth-order valence-electron chi connectivity index (χ4n) is 4.32. The Bertz CT molecular complexity index is 1060. The molecule has 1 N–H and O–H groups in total. The second-order valence-electron chi connectivity index (χ2n) is 8.16. The van der Waals surface area contributed by atoms with E-state index in [2.05, 4.69) is 11.4 Å². The Morgan fingerprint density at radius 3 is 2.63 bits per heavy atom. The van der Waals surface area contributed by atoms with E-state index in [9.17, 15) is 13.2 Å². The molecule has 0 radical (unpaired) electrons. The maximum Gasteiger partial charge on any atom is 0.251 e. The highest BCUT2D eigenvalue weighted by Crippen LogP contribution is 2.36. The van der Waals surface area contributed by atoms with Crippen molar-refractivity contribution in [3.63, 3.8) is 0 Å². The van der Waals surface area contributed by atoms with E-state index >= 15 is 0 Å². The van der Waals surface area contributed by atoms with Gasteiger partial charge in [-0.25, -0.2) is 8.42 Å². The zero-order valence-corrected chi connectivity index (χ0v) is 18.3. The molecule has 1 amide bonds. The minimum Gasteiger partial charge on any atom is -0.493 e. The van der Waals surface area contributed by atoms with Crippen LogP contribution in [0.2, 0.25) is 0 Å². The Morgan fingerprint density at radius 1 is 1.10 bits per heavy atom. The SMILES string of the molecule is Cc1cc(C)c2c(c1)C(NC(=O)c1cccc(S(=O)(=O)N3CCCCC3)c1)CCO2. The Kier molecular flexibility index (Phi) is 5.84. The molecule has 1 atom stereocenters. The summed E-state index contributed by atoms with van der Waals surface area (Å²) >= 11 is 0. The summed E-state index contributed by atoms with van der Waals surface area (Å²) in [5.41, 5.74) is 3.50. The number of ether oxygens (including phenoxy) is 1. The van der Waals surface area contributed by atoms with Gasteiger partial charge in [0.05, 0.1) is 17.5 Å². The molecule has 0 aliphatic carbocycles. The topological polar surface area (TPSA) is 75.7 Å². The number of hydrogen-bond acceptors (Lipinski definition) is 4. The Morgan fingerprint density at radius 2 is 1.87 bits per heavy atom. The van der Waals surface area contributed by atoms with E-state index in [0.717, 1.165) is 41.7 Å². The van der Waals surface area contributed by atoms with Gasteiger partial charge in [-0.05, 0) is 50.5 Å². The van der Waals surface area contributed by atoms with E-state index < -0.39 is 10.0 Å². The molecule has 6 nitrogen and oxygen atoms in total. The van der Waals surface area contributed by atoms with Crippen LogP contribution in [0.5, 0.6) is 5.75 Å². The number of sulfonamides is 1. The van der Waals surface area contributed by atoms with E-state index in [1.165, 1.54) is 10.4 Å². The number of carbonyl (C=O) groups excluding carboxylic acids is 1. The van der Waals surface area contributed by atoms with Crippen molar-refractivity contribution in [2.24, 2.45) is 0 Å². The molecule has 4 rings (SSSR count). The molecule has 160 valence electrons. The number of benzene rings is 2. The fourth-order valence-corrected chi connectivity index (χ4v) is 5.88. The second kappa shape index (κ2) is 8.40. The molecule has 0 aromatic heterocycles. The number of nitrogens with zero attached hydrogens (tertiary/aromatic N) is 1. The minimum atomic E-state index is -3.58. The standard InChI is InChI=1S/C23H28N2O4S/c1-16-13-17(2)22-20(14-16)21(9-12-29-22)24-23(26)18-7-6-8-19(15-18)30(27,28)25-10-4-3-5-11-25/h6-8,13-15,21H,3-5,9-12H2,1-2H3,(H,24,26). The second-order valence-corrected chi connectivity index (χ2v) is 10.1. The summed E-state index contributed by atoms with van der Waals surface area (Å²) in [4.78, 5) is 13.2. The van der Waals surface area contributed by atoms with Gasteiger partial charge in [-0.3, -0.25) is 4.79 Å². The van der Waals surface area contributed by atoms with Crippen LogP contribution in [0.4, 0.5) is 0 Å². The molecule has 2 aromatic carbocycles. The van der Waals surface area contributed by atoms with Crippen LogP contribution in [0.25, 0.3) is 0 Å². The van der Waals surface area contributed by atoms with Gasteiger partial charge in [0.25, 0.3) is 5.91 Å². The molecular weight excluding hydrogens is 400 g/mol. The number of nitrogens with one attached hydrogen (secondary N) is 1. The van der Waals surface area contributed by atoms with Crippen molar-refractivity contribution in [3.8, 4) is 5.75 Å². The average molecular weight is 429 g/mol.